The number of nitrogens with zero attached hydrogens (tertiary/aromatic N) is 1. The molecule has 140 valence electrons. The summed E-state index contributed by atoms with van der Waals surface area (Å²) in [6.45, 7) is 5.60. The first-order chi connectivity index (χ1) is 12.8. The Kier molecular flexibility index (Phi) is 5.24. The van der Waals surface area contributed by atoms with Crippen LogP contribution in [0.15, 0.2) is 42.5 Å². The molecule has 0 fully saturated rings. The third-order valence-corrected chi connectivity index (χ3v) is 4.55. The number of carboxylic acids is 1. The first-order valence-corrected chi connectivity index (χ1v) is 8.98. The molecule has 0 bridgehead atoms. The lowest BCUT2D eigenvalue weighted by molar-refractivity contribution is -0.136. The zero-order chi connectivity index (χ0) is 19.7. The lowest BCUT2D eigenvalue weighted by Crippen LogP contribution is -2.14. The Hall–Kier alpha value is -2.79. The molecule has 2 aromatic carbocycles. The van der Waals surface area contributed by atoms with Gasteiger partial charge in [-0.05, 0) is 68.8 Å². The van der Waals surface area contributed by atoms with E-state index in [-0.39, 0.29) is 18.4 Å². The predicted octanol–water partition coefficient (Wildman–Crippen LogP) is 4.71. The quantitative estimate of drug-likeness (QED) is 0.690. The number of carbonyl (C=O) groups is 2. The second-order valence-electron chi connectivity index (χ2n) is 6.63. The average Bonchev–Trinajstić information content (AvgIpc) is 2.86. The molecule has 0 spiro atoms. The van der Waals surface area contributed by atoms with E-state index in [0.717, 1.165) is 0 Å². The third kappa shape index (κ3) is 3.83. The van der Waals surface area contributed by atoms with Crippen molar-refractivity contribution in [3.63, 3.8) is 0 Å². The summed E-state index contributed by atoms with van der Waals surface area (Å²) < 4.78 is 7.28. The minimum atomic E-state index is -0.953. The molecule has 0 radical (unpaired) electrons. The summed E-state index contributed by atoms with van der Waals surface area (Å²) >= 11 is 5.91. The summed E-state index contributed by atoms with van der Waals surface area (Å²) in [6, 6.07) is 12.0. The van der Waals surface area contributed by atoms with Crippen LogP contribution in [0.2, 0.25) is 5.02 Å². The highest BCUT2D eigenvalue weighted by atomic mass is 35.5. The van der Waals surface area contributed by atoms with Gasteiger partial charge in [-0.25, -0.2) is 0 Å². The van der Waals surface area contributed by atoms with E-state index in [2.05, 4.69) is 0 Å². The van der Waals surface area contributed by atoms with Gasteiger partial charge in [-0.1, -0.05) is 11.6 Å². The highest BCUT2D eigenvalue weighted by Crippen LogP contribution is 2.31. The van der Waals surface area contributed by atoms with E-state index in [1.807, 2.05) is 13.8 Å². The number of ether oxygens (including phenoxy) is 1. The largest absolute Gasteiger partial charge is 0.491 e. The van der Waals surface area contributed by atoms with Gasteiger partial charge in [0.05, 0.1) is 18.0 Å². The van der Waals surface area contributed by atoms with Crippen LogP contribution in [0.3, 0.4) is 0 Å². The fraction of sp³-hybridized carbons (Fsp3) is 0.238. The van der Waals surface area contributed by atoms with Crippen molar-refractivity contribution in [3.8, 4) is 5.75 Å². The topological polar surface area (TPSA) is 68.5 Å². The molecule has 5 nitrogen and oxygen atoms in total. The SMILES string of the molecule is Cc1c(CC(=O)O)c2cc(OC(C)C)ccc2n1C(=O)c1ccc(Cl)cc1. The van der Waals surface area contributed by atoms with Gasteiger partial charge < -0.3 is 9.84 Å². The predicted molar refractivity (Wildman–Crippen MR) is 105 cm³/mol. The molecule has 0 saturated carbocycles. The van der Waals surface area contributed by atoms with Crippen molar-refractivity contribution in [2.75, 3.05) is 0 Å². The molecule has 27 heavy (non-hydrogen) atoms. The van der Waals surface area contributed by atoms with Gasteiger partial charge >= 0.3 is 5.97 Å². The lowest BCUT2D eigenvalue weighted by Gasteiger charge is -2.10. The molecule has 0 amide bonds. The monoisotopic (exact) mass is 385 g/mol. The van der Waals surface area contributed by atoms with Crippen LogP contribution in [-0.2, 0) is 11.2 Å². The van der Waals surface area contributed by atoms with Crippen LogP contribution < -0.4 is 4.74 Å². The van der Waals surface area contributed by atoms with E-state index < -0.39 is 5.97 Å². The molecule has 1 heterocycles. The molecule has 0 aliphatic rings. The van der Waals surface area contributed by atoms with Crippen LogP contribution in [-0.4, -0.2) is 27.7 Å². The number of carbonyl (C=O) groups excluding carboxylic acids is 1. The van der Waals surface area contributed by atoms with Crippen molar-refractivity contribution in [1.29, 1.82) is 0 Å². The van der Waals surface area contributed by atoms with E-state index >= 15 is 0 Å². The average molecular weight is 386 g/mol. The van der Waals surface area contributed by atoms with Crippen LogP contribution in [0.1, 0.15) is 35.5 Å². The van der Waals surface area contributed by atoms with E-state index in [0.29, 0.717) is 38.5 Å². The number of benzene rings is 2. The van der Waals surface area contributed by atoms with Crippen molar-refractivity contribution in [2.45, 2.75) is 33.3 Å². The Labute approximate surface area is 162 Å². The highest BCUT2D eigenvalue weighted by Gasteiger charge is 2.22. The summed E-state index contributed by atoms with van der Waals surface area (Å²) in [4.78, 5) is 24.5. The zero-order valence-corrected chi connectivity index (χ0v) is 16.1. The summed E-state index contributed by atoms with van der Waals surface area (Å²) in [7, 11) is 0. The number of halogens is 1. The van der Waals surface area contributed by atoms with Crippen molar-refractivity contribution in [3.05, 3.63) is 64.3 Å². The normalized spacial score (nSPS) is 11.1. The Morgan fingerprint density at radius 2 is 1.81 bits per heavy atom. The van der Waals surface area contributed by atoms with Crippen LogP contribution in [0.4, 0.5) is 0 Å². The number of carboxylic acid groups (broad SMARTS) is 1. The summed E-state index contributed by atoms with van der Waals surface area (Å²) in [5, 5.41) is 10.6. The second-order valence-corrected chi connectivity index (χ2v) is 7.06. The third-order valence-electron chi connectivity index (χ3n) is 4.30. The van der Waals surface area contributed by atoms with Crippen LogP contribution >= 0.6 is 11.6 Å². The highest BCUT2D eigenvalue weighted by molar-refractivity contribution is 6.30. The second kappa shape index (κ2) is 7.45. The molecule has 0 aliphatic heterocycles. The number of hydrogen-bond donors (Lipinski definition) is 1. The minimum Gasteiger partial charge on any atom is -0.491 e. The molecule has 1 aromatic heterocycles. The molecule has 3 rings (SSSR count). The van der Waals surface area contributed by atoms with E-state index in [9.17, 15) is 14.7 Å². The van der Waals surface area contributed by atoms with Crippen molar-refractivity contribution in [2.24, 2.45) is 0 Å². The van der Waals surface area contributed by atoms with Gasteiger partial charge in [-0.15, -0.1) is 0 Å². The molecule has 0 saturated heterocycles. The number of rotatable bonds is 5. The van der Waals surface area contributed by atoms with Crippen molar-refractivity contribution < 1.29 is 19.4 Å². The molecule has 6 heteroatoms. The van der Waals surface area contributed by atoms with Crippen LogP contribution in [0.25, 0.3) is 10.9 Å². The molecule has 1 N–H and O–H groups in total. The molecule has 0 aliphatic carbocycles. The van der Waals surface area contributed by atoms with Crippen molar-refractivity contribution in [1.82, 2.24) is 4.57 Å². The maximum Gasteiger partial charge on any atom is 0.307 e. The van der Waals surface area contributed by atoms with Crippen molar-refractivity contribution >= 4 is 34.4 Å². The minimum absolute atomic E-state index is 0.00995. The Balaban J connectivity index is 2.19. The molecular formula is C21H20ClNO4. The Morgan fingerprint density at radius 1 is 1.15 bits per heavy atom. The van der Waals surface area contributed by atoms with Gasteiger partial charge in [0.1, 0.15) is 5.75 Å². The summed E-state index contributed by atoms with van der Waals surface area (Å²) in [6.07, 6.45) is -0.182. The van der Waals surface area contributed by atoms with Gasteiger partial charge in [0.25, 0.3) is 5.91 Å². The van der Waals surface area contributed by atoms with Crippen LogP contribution in [0.5, 0.6) is 5.75 Å². The standard InChI is InChI=1S/C21H20ClNO4/c1-12(2)27-16-8-9-19-18(10-16)17(11-20(24)25)13(3)23(19)21(26)14-4-6-15(22)7-5-14/h4-10,12H,11H2,1-3H3,(H,24,25). The van der Waals surface area contributed by atoms with Crippen LogP contribution in [0, 0.1) is 6.92 Å². The van der Waals surface area contributed by atoms with E-state index in [1.54, 1.807) is 54.0 Å². The fourth-order valence-corrected chi connectivity index (χ4v) is 3.29. The number of hydrogen-bond acceptors (Lipinski definition) is 3. The fourth-order valence-electron chi connectivity index (χ4n) is 3.17. The van der Waals surface area contributed by atoms with E-state index in [4.69, 9.17) is 16.3 Å². The smallest absolute Gasteiger partial charge is 0.307 e. The Morgan fingerprint density at radius 3 is 2.41 bits per heavy atom. The molecule has 0 unspecified atom stereocenters. The van der Waals surface area contributed by atoms with Gasteiger partial charge in [-0.2, -0.15) is 0 Å². The number of aliphatic carboxylic acids is 1. The maximum atomic E-state index is 13.1. The summed E-state index contributed by atoms with van der Waals surface area (Å²) in [5.41, 5.74) is 2.34. The number of aromatic nitrogens is 1. The first kappa shape index (κ1) is 19.0. The zero-order valence-electron chi connectivity index (χ0n) is 15.3. The molecule has 3 aromatic rings. The van der Waals surface area contributed by atoms with E-state index in [1.165, 1.54) is 0 Å². The van der Waals surface area contributed by atoms with Gasteiger partial charge in [0.2, 0.25) is 0 Å². The summed E-state index contributed by atoms with van der Waals surface area (Å²) in [5.74, 6) is -0.546. The Bertz CT molecular complexity index is 1020. The molecule has 0 atom stereocenters. The number of fused-ring (bicyclic) bond motifs is 1. The lowest BCUT2D eigenvalue weighted by atomic mass is 10.1. The van der Waals surface area contributed by atoms with Gasteiger partial charge in [-0.3, -0.25) is 14.2 Å². The maximum absolute atomic E-state index is 13.1. The van der Waals surface area contributed by atoms with Gasteiger partial charge in [0.15, 0.2) is 0 Å². The first-order valence-electron chi connectivity index (χ1n) is 8.60. The van der Waals surface area contributed by atoms with Gasteiger partial charge in [0, 0.05) is 21.7 Å². The molecular weight excluding hydrogens is 366 g/mol.